The lowest BCUT2D eigenvalue weighted by Gasteiger charge is -2.28. The Labute approximate surface area is 144 Å². The van der Waals surface area contributed by atoms with Crippen molar-refractivity contribution in [3.63, 3.8) is 0 Å². The van der Waals surface area contributed by atoms with Crippen molar-refractivity contribution in [1.82, 2.24) is 14.4 Å². The predicted octanol–water partition coefficient (Wildman–Crippen LogP) is 2.70. The highest BCUT2D eigenvalue weighted by molar-refractivity contribution is 5.85. The topological polar surface area (TPSA) is 45.6 Å². The molecule has 2 aliphatic carbocycles. The number of unbranched alkanes of at least 4 members (excludes halogenated alkanes) is 1. The second-order valence-electron chi connectivity index (χ2n) is 7.22. The zero-order valence-electron chi connectivity index (χ0n) is 14.9. The molecule has 3 rings (SSSR count). The lowest BCUT2D eigenvalue weighted by molar-refractivity contribution is -0.141. The maximum Gasteiger partial charge on any atom is 0.242 e. The molecule has 0 N–H and O–H groups in total. The van der Waals surface area contributed by atoms with Gasteiger partial charge >= 0.3 is 0 Å². The van der Waals surface area contributed by atoms with E-state index in [1.165, 1.54) is 0 Å². The smallest absolute Gasteiger partial charge is 0.242 e. The zero-order chi connectivity index (χ0) is 17.1. The summed E-state index contributed by atoms with van der Waals surface area (Å²) < 4.78 is 2.06. The van der Waals surface area contributed by atoms with Gasteiger partial charge in [0.1, 0.15) is 6.54 Å². The van der Waals surface area contributed by atoms with E-state index in [0.717, 1.165) is 44.2 Å². The van der Waals surface area contributed by atoms with E-state index < -0.39 is 0 Å². The Morgan fingerprint density at radius 3 is 2.33 bits per heavy atom. The molecule has 0 bridgehead atoms. The monoisotopic (exact) mass is 331 g/mol. The SMILES string of the molecule is CCCCC(=O)N(CC(=O)N(Cc1cccn1C)C1CC1)C1CC1. The van der Waals surface area contributed by atoms with Gasteiger partial charge in [-0.3, -0.25) is 9.59 Å². The molecule has 0 aliphatic heterocycles. The normalized spacial score (nSPS) is 16.9. The van der Waals surface area contributed by atoms with Crippen molar-refractivity contribution in [2.45, 2.75) is 70.5 Å². The van der Waals surface area contributed by atoms with Gasteiger partial charge in [-0.25, -0.2) is 0 Å². The van der Waals surface area contributed by atoms with E-state index in [0.29, 0.717) is 25.0 Å². The molecule has 2 amide bonds. The molecule has 24 heavy (non-hydrogen) atoms. The summed E-state index contributed by atoms with van der Waals surface area (Å²) in [6, 6.07) is 4.73. The summed E-state index contributed by atoms with van der Waals surface area (Å²) in [6.45, 7) is 3.00. The molecule has 2 saturated carbocycles. The summed E-state index contributed by atoms with van der Waals surface area (Å²) in [5.74, 6) is 0.262. The van der Waals surface area contributed by atoms with Crippen LogP contribution in [0.4, 0.5) is 0 Å². The highest BCUT2D eigenvalue weighted by Gasteiger charge is 2.37. The van der Waals surface area contributed by atoms with Gasteiger partial charge in [0, 0.05) is 37.4 Å². The number of hydrogen-bond acceptors (Lipinski definition) is 2. The predicted molar refractivity (Wildman–Crippen MR) is 93.2 cm³/mol. The van der Waals surface area contributed by atoms with Crippen LogP contribution in [0.25, 0.3) is 0 Å². The molecule has 5 nitrogen and oxygen atoms in total. The Bertz CT molecular complexity index is 587. The van der Waals surface area contributed by atoms with Crippen molar-refractivity contribution in [1.29, 1.82) is 0 Å². The molecule has 0 aromatic carbocycles. The summed E-state index contributed by atoms with van der Waals surface area (Å²) in [7, 11) is 2.01. The van der Waals surface area contributed by atoms with E-state index >= 15 is 0 Å². The van der Waals surface area contributed by atoms with Crippen molar-refractivity contribution < 1.29 is 9.59 Å². The van der Waals surface area contributed by atoms with Crippen LogP contribution in [0.2, 0.25) is 0 Å². The number of carbonyl (C=O) groups excluding carboxylic acids is 2. The van der Waals surface area contributed by atoms with E-state index in [4.69, 9.17) is 0 Å². The molecular formula is C19H29N3O2. The highest BCUT2D eigenvalue weighted by Crippen LogP contribution is 2.31. The first-order chi connectivity index (χ1) is 11.6. The van der Waals surface area contributed by atoms with Crippen molar-refractivity contribution in [2.75, 3.05) is 6.54 Å². The Morgan fingerprint density at radius 1 is 1.12 bits per heavy atom. The summed E-state index contributed by atoms with van der Waals surface area (Å²) in [6.07, 6.45) is 8.77. The summed E-state index contributed by atoms with van der Waals surface area (Å²) in [5.41, 5.74) is 1.14. The molecular weight excluding hydrogens is 302 g/mol. The van der Waals surface area contributed by atoms with Gasteiger partial charge in [0.25, 0.3) is 0 Å². The van der Waals surface area contributed by atoms with Crippen LogP contribution in [0, 0.1) is 0 Å². The number of aryl methyl sites for hydroxylation is 1. The number of hydrogen-bond donors (Lipinski definition) is 0. The van der Waals surface area contributed by atoms with Gasteiger partial charge in [0.15, 0.2) is 0 Å². The van der Waals surface area contributed by atoms with Crippen LogP contribution < -0.4 is 0 Å². The maximum atomic E-state index is 12.9. The second kappa shape index (κ2) is 7.41. The number of carbonyl (C=O) groups is 2. The summed E-state index contributed by atoms with van der Waals surface area (Å²) >= 11 is 0. The molecule has 132 valence electrons. The van der Waals surface area contributed by atoms with Crippen LogP contribution in [-0.2, 0) is 23.2 Å². The fraction of sp³-hybridized carbons (Fsp3) is 0.684. The van der Waals surface area contributed by atoms with Crippen LogP contribution in [0.15, 0.2) is 18.3 Å². The van der Waals surface area contributed by atoms with Crippen LogP contribution in [-0.4, -0.2) is 44.8 Å². The van der Waals surface area contributed by atoms with Gasteiger partial charge in [-0.15, -0.1) is 0 Å². The van der Waals surface area contributed by atoms with Crippen molar-refractivity contribution in [2.24, 2.45) is 7.05 Å². The Morgan fingerprint density at radius 2 is 1.79 bits per heavy atom. The van der Waals surface area contributed by atoms with E-state index in [1.807, 2.05) is 29.1 Å². The first kappa shape index (κ1) is 17.1. The maximum absolute atomic E-state index is 12.9. The van der Waals surface area contributed by atoms with Gasteiger partial charge in [-0.05, 0) is 44.2 Å². The van der Waals surface area contributed by atoms with Gasteiger partial charge in [0.05, 0.1) is 6.54 Å². The molecule has 2 fully saturated rings. The van der Waals surface area contributed by atoms with Crippen LogP contribution in [0.5, 0.6) is 0 Å². The van der Waals surface area contributed by atoms with Crippen LogP contribution in [0.3, 0.4) is 0 Å². The van der Waals surface area contributed by atoms with Gasteiger partial charge in [-0.2, -0.15) is 0 Å². The Kier molecular flexibility index (Phi) is 5.27. The van der Waals surface area contributed by atoms with E-state index in [-0.39, 0.29) is 18.4 Å². The minimum Gasteiger partial charge on any atom is -0.353 e. The standard InChI is InChI=1S/C19H29N3O2/c1-3-4-7-18(23)22(16-10-11-16)14-19(24)21(15-8-9-15)13-17-6-5-12-20(17)2/h5-6,12,15-16H,3-4,7-11,13-14H2,1-2H3. The fourth-order valence-corrected chi connectivity index (χ4v) is 3.16. The molecule has 0 saturated heterocycles. The molecule has 0 radical (unpaired) electrons. The minimum atomic E-state index is 0.107. The average Bonchev–Trinajstić information content (AvgIpc) is 3.47. The highest BCUT2D eigenvalue weighted by atomic mass is 16.2. The molecule has 0 unspecified atom stereocenters. The third kappa shape index (κ3) is 4.19. The van der Waals surface area contributed by atoms with Gasteiger partial charge in [0.2, 0.25) is 11.8 Å². The molecule has 1 aromatic heterocycles. The third-order valence-corrected chi connectivity index (χ3v) is 5.05. The number of nitrogens with zero attached hydrogens (tertiary/aromatic N) is 3. The minimum absolute atomic E-state index is 0.107. The lowest BCUT2D eigenvalue weighted by Crippen LogP contribution is -2.44. The zero-order valence-corrected chi connectivity index (χ0v) is 14.9. The fourth-order valence-electron chi connectivity index (χ4n) is 3.16. The number of rotatable bonds is 9. The largest absolute Gasteiger partial charge is 0.353 e. The van der Waals surface area contributed by atoms with E-state index in [1.54, 1.807) is 0 Å². The molecule has 1 heterocycles. The van der Waals surface area contributed by atoms with E-state index in [9.17, 15) is 9.59 Å². The summed E-state index contributed by atoms with van der Waals surface area (Å²) in [4.78, 5) is 29.2. The van der Waals surface area contributed by atoms with Crippen molar-refractivity contribution >= 4 is 11.8 Å². The number of aromatic nitrogens is 1. The lowest BCUT2D eigenvalue weighted by atomic mass is 10.2. The Balaban J connectivity index is 1.63. The van der Waals surface area contributed by atoms with Crippen LogP contribution >= 0.6 is 0 Å². The van der Waals surface area contributed by atoms with Gasteiger partial charge in [-0.1, -0.05) is 13.3 Å². The summed E-state index contributed by atoms with van der Waals surface area (Å²) in [5, 5.41) is 0. The molecule has 0 spiro atoms. The molecule has 1 aromatic rings. The van der Waals surface area contributed by atoms with Crippen LogP contribution in [0.1, 0.15) is 57.6 Å². The quantitative estimate of drug-likeness (QED) is 0.698. The second-order valence-corrected chi connectivity index (χ2v) is 7.22. The molecule has 2 aliphatic rings. The van der Waals surface area contributed by atoms with E-state index in [2.05, 4.69) is 17.6 Å². The first-order valence-electron chi connectivity index (χ1n) is 9.29. The van der Waals surface area contributed by atoms with Crippen molar-refractivity contribution in [3.05, 3.63) is 24.0 Å². The average molecular weight is 331 g/mol. The first-order valence-corrected chi connectivity index (χ1v) is 9.29. The Hall–Kier alpha value is -1.78. The van der Waals surface area contributed by atoms with Crippen molar-refractivity contribution in [3.8, 4) is 0 Å². The molecule has 5 heteroatoms. The third-order valence-electron chi connectivity index (χ3n) is 5.05. The molecule has 0 atom stereocenters. The number of amides is 2. The van der Waals surface area contributed by atoms with Gasteiger partial charge < -0.3 is 14.4 Å².